The Hall–Kier alpha value is -4.50. The van der Waals surface area contributed by atoms with Gasteiger partial charge < -0.3 is 20.8 Å². The van der Waals surface area contributed by atoms with Crippen molar-refractivity contribution < 1.29 is 13.5 Å². The molecule has 3 aromatic heterocycles. The summed E-state index contributed by atoms with van der Waals surface area (Å²) in [5.74, 6) is -0.796. The first-order valence-corrected chi connectivity index (χ1v) is 10.7. The minimum absolute atomic E-state index is 0.0627. The normalized spacial score (nSPS) is 10.9. The highest BCUT2D eigenvalue weighted by Gasteiger charge is 2.15. The fourth-order valence-electron chi connectivity index (χ4n) is 3.56. The Morgan fingerprint density at radius 1 is 1.00 bits per heavy atom. The second-order valence-corrected chi connectivity index (χ2v) is 7.88. The molecule has 0 fully saturated rings. The molecule has 174 valence electrons. The molecule has 0 saturated carbocycles. The molecule has 3 heterocycles. The van der Waals surface area contributed by atoms with E-state index in [1.807, 2.05) is 0 Å². The van der Waals surface area contributed by atoms with Gasteiger partial charge in [-0.1, -0.05) is 23.7 Å². The van der Waals surface area contributed by atoms with Gasteiger partial charge in [0, 0.05) is 42.0 Å². The van der Waals surface area contributed by atoms with Crippen LogP contribution in [0.1, 0.15) is 0 Å². The third-order valence-corrected chi connectivity index (χ3v) is 5.61. The molecule has 4 N–H and O–H groups in total. The van der Waals surface area contributed by atoms with Gasteiger partial charge in [0.15, 0.2) is 17.3 Å². The number of rotatable bonds is 5. The highest BCUT2D eigenvalue weighted by Crippen LogP contribution is 2.34. The Balaban J connectivity index is 1.50. The SMILES string of the molecule is Nc1nccc(Oc2ccc(Nc3nccc4[nH]cc(-c5cccc(F)c5)c(=O)c34)cc2F)c1Cl. The summed E-state index contributed by atoms with van der Waals surface area (Å²) < 4.78 is 34.1. The summed E-state index contributed by atoms with van der Waals surface area (Å²) in [5, 5.41) is 3.29. The maximum absolute atomic E-state index is 14.8. The number of nitrogen functional groups attached to an aromatic ring is 1. The molecule has 2 aromatic carbocycles. The van der Waals surface area contributed by atoms with Crippen LogP contribution in [-0.4, -0.2) is 15.0 Å². The zero-order valence-corrected chi connectivity index (χ0v) is 18.6. The number of H-pyrrole nitrogens is 1. The molecule has 0 aliphatic heterocycles. The van der Waals surface area contributed by atoms with E-state index in [4.69, 9.17) is 22.1 Å². The summed E-state index contributed by atoms with van der Waals surface area (Å²) >= 11 is 6.06. The van der Waals surface area contributed by atoms with Crippen molar-refractivity contribution in [1.82, 2.24) is 15.0 Å². The van der Waals surface area contributed by atoms with Crippen molar-refractivity contribution in [3.8, 4) is 22.6 Å². The van der Waals surface area contributed by atoms with Crippen molar-refractivity contribution in [3.63, 3.8) is 0 Å². The fraction of sp³-hybridized carbons (Fsp3) is 0. The first-order valence-electron chi connectivity index (χ1n) is 10.3. The molecule has 0 spiro atoms. The molecule has 0 aliphatic carbocycles. The van der Waals surface area contributed by atoms with Crippen molar-refractivity contribution in [2.45, 2.75) is 0 Å². The van der Waals surface area contributed by atoms with E-state index in [1.54, 1.807) is 18.2 Å². The Morgan fingerprint density at radius 3 is 2.63 bits per heavy atom. The molecule has 7 nitrogen and oxygen atoms in total. The van der Waals surface area contributed by atoms with E-state index in [1.165, 1.54) is 55.0 Å². The number of nitrogens with zero attached hydrogens (tertiary/aromatic N) is 2. The number of ether oxygens (including phenoxy) is 1. The third-order valence-electron chi connectivity index (χ3n) is 5.23. The first-order chi connectivity index (χ1) is 16.9. The lowest BCUT2D eigenvalue weighted by molar-refractivity contribution is 0.442. The predicted molar refractivity (Wildman–Crippen MR) is 131 cm³/mol. The Labute approximate surface area is 202 Å². The summed E-state index contributed by atoms with van der Waals surface area (Å²) in [6.45, 7) is 0. The van der Waals surface area contributed by atoms with E-state index < -0.39 is 11.6 Å². The molecule has 0 radical (unpaired) electrons. The molecule has 0 unspecified atom stereocenters. The molecule has 10 heteroatoms. The number of pyridine rings is 3. The average Bonchev–Trinajstić information content (AvgIpc) is 2.84. The van der Waals surface area contributed by atoms with Gasteiger partial charge in [-0.3, -0.25) is 4.79 Å². The number of fused-ring (bicyclic) bond motifs is 1. The lowest BCUT2D eigenvalue weighted by atomic mass is 10.0. The number of aromatic amines is 1. The number of hydrogen-bond acceptors (Lipinski definition) is 6. The van der Waals surface area contributed by atoms with Gasteiger partial charge in [-0.05, 0) is 35.9 Å². The van der Waals surface area contributed by atoms with E-state index in [2.05, 4.69) is 20.3 Å². The molecular weight excluding hydrogens is 476 g/mol. The second-order valence-electron chi connectivity index (χ2n) is 7.50. The Kier molecular flexibility index (Phi) is 5.76. The maximum Gasteiger partial charge on any atom is 0.200 e. The van der Waals surface area contributed by atoms with Crippen LogP contribution in [0.25, 0.3) is 22.0 Å². The molecule has 0 saturated heterocycles. The van der Waals surface area contributed by atoms with E-state index >= 15 is 0 Å². The number of nitrogens with two attached hydrogens (primary N) is 1. The van der Waals surface area contributed by atoms with Crippen LogP contribution < -0.4 is 21.2 Å². The Morgan fingerprint density at radius 2 is 1.83 bits per heavy atom. The summed E-state index contributed by atoms with van der Waals surface area (Å²) in [6.07, 6.45) is 4.42. The first kappa shape index (κ1) is 22.3. The largest absolute Gasteiger partial charge is 0.453 e. The van der Waals surface area contributed by atoms with Crippen molar-refractivity contribution in [1.29, 1.82) is 0 Å². The number of anilines is 3. The van der Waals surface area contributed by atoms with Crippen LogP contribution in [0.15, 0.2) is 78.0 Å². The lowest BCUT2D eigenvalue weighted by Crippen LogP contribution is -2.10. The molecule has 5 rings (SSSR count). The average molecular weight is 492 g/mol. The van der Waals surface area contributed by atoms with Gasteiger partial charge in [0.25, 0.3) is 0 Å². The second kappa shape index (κ2) is 9.03. The van der Waals surface area contributed by atoms with Crippen LogP contribution >= 0.6 is 11.6 Å². The highest BCUT2D eigenvalue weighted by molar-refractivity contribution is 6.34. The summed E-state index contributed by atoms with van der Waals surface area (Å²) in [4.78, 5) is 24.4. The molecular formula is C25H16ClF2N5O2. The van der Waals surface area contributed by atoms with E-state index in [9.17, 15) is 13.6 Å². The number of benzene rings is 2. The number of aromatic nitrogens is 3. The van der Waals surface area contributed by atoms with E-state index in [0.29, 0.717) is 16.8 Å². The topological polar surface area (TPSA) is 106 Å². The van der Waals surface area contributed by atoms with E-state index in [-0.39, 0.29) is 44.5 Å². The summed E-state index contributed by atoms with van der Waals surface area (Å²) in [7, 11) is 0. The number of hydrogen-bond donors (Lipinski definition) is 3. The molecule has 0 aliphatic rings. The minimum atomic E-state index is -0.684. The van der Waals surface area contributed by atoms with Crippen LogP contribution in [-0.2, 0) is 0 Å². The standard InChI is InChI=1S/C25H16ClF2N5O2/c26-22-20(7-9-30-24(22)29)35-19-5-4-15(11-17(19)28)33-25-21-18(6-8-31-25)32-12-16(23(21)34)13-2-1-3-14(27)10-13/h1-12H,(H2,29,30)(H,31,33)(H,32,34). The zero-order valence-electron chi connectivity index (χ0n) is 17.9. The van der Waals surface area contributed by atoms with Crippen LogP contribution in [0.5, 0.6) is 11.5 Å². The smallest absolute Gasteiger partial charge is 0.200 e. The lowest BCUT2D eigenvalue weighted by Gasteiger charge is -2.12. The summed E-state index contributed by atoms with van der Waals surface area (Å²) in [5.41, 5.74) is 6.83. The van der Waals surface area contributed by atoms with Crippen molar-refractivity contribution in [3.05, 3.63) is 100 Å². The maximum atomic E-state index is 14.8. The molecule has 0 bridgehead atoms. The van der Waals surface area contributed by atoms with Gasteiger partial charge in [-0.2, -0.15) is 0 Å². The van der Waals surface area contributed by atoms with Crippen molar-refractivity contribution in [2.24, 2.45) is 0 Å². The Bertz CT molecular complexity index is 1640. The van der Waals surface area contributed by atoms with E-state index in [0.717, 1.165) is 0 Å². The van der Waals surface area contributed by atoms with Crippen LogP contribution in [0.4, 0.5) is 26.1 Å². The minimum Gasteiger partial charge on any atom is -0.453 e. The predicted octanol–water partition coefficient (Wildman–Crippen LogP) is 6.03. The van der Waals surface area contributed by atoms with Gasteiger partial charge >= 0.3 is 0 Å². The molecule has 5 aromatic rings. The van der Waals surface area contributed by atoms with Crippen LogP contribution in [0, 0.1) is 11.6 Å². The van der Waals surface area contributed by atoms with Gasteiger partial charge in [0.05, 0.1) is 10.9 Å². The molecule has 0 amide bonds. The quantitative estimate of drug-likeness (QED) is 0.277. The van der Waals surface area contributed by atoms with Gasteiger partial charge in [0.2, 0.25) is 5.43 Å². The van der Waals surface area contributed by atoms with Gasteiger partial charge in [-0.15, -0.1) is 0 Å². The monoisotopic (exact) mass is 491 g/mol. The fourth-order valence-corrected chi connectivity index (χ4v) is 3.71. The number of nitrogens with one attached hydrogen (secondary N) is 2. The van der Waals surface area contributed by atoms with Crippen LogP contribution in [0.2, 0.25) is 5.02 Å². The number of halogens is 3. The van der Waals surface area contributed by atoms with Crippen molar-refractivity contribution in [2.75, 3.05) is 11.1 Å². The van der Waals surface area contributed by atoms with Gasteiger partial charge in [-0.25, -0.2) is 18.7 Å². The molecule has 35 heavy (non-hydrogen) atoms. The third kappa shape index (κ3) is 4.36. The molecule has 0 atom stereocenters. The van der Waals surface area contributed by atoms with Crippen LogP contribution in [0.3, 0.4) is 0 Å². The van der Waals surface area contributed by atoms with Crippen molar-refractivity contribution >= 4 is 39.8 Å². The van der Waals surface area contributed by atoms with Gasteiger partial charge in [0.1, 0.15) is 22.5 Å². The summed E-state index contributed by atoms with van der Waals surface area (Å²) in [6, 6.07) is 13.0. The zero-order chi connectivity index (χ0) is 24.5. The highest BCUT2D eigenvalue weighted by atomic mass is 35.5.